The first-order valence-corrected chi connectivity index (χ1v) is 8.44. The summed E-state index contributed by atoms with van der Waals surface area (Å²) in [5.74, 6) is 0.100. The Morgan fingerprint density at radius 3 is 2.19 bits per heavy atom. The number of rotatable bonds is 4. The number of phenolic OH excluding ortho intramolecular Hbond substituents is 1. The SMILES string of the molecule is CSSc1ccc(Nc2ccc(O)cc2)cc1C(F)(F)F. The fraction of sp³-hybridized carbons (Fsp3) is 0.143. The molecule has 0 bridgehead atoms. The van der Waals surface area contributed by atoms with Crippen molar-refractivity contribution in [2.75, 3.05) is 11.6 Å². The number of hydrogen-bond acceptors (Lipinski definition) is 4. The summed E-state index contributed by atoms with van der Waals surface area (Å²) in [5, 5.41) is 12.1. The van der Waals surface area contributed by atoms with Crippen molar-refractivity contribution in [3.05, 3.63) is 48.0 Å². The van der Waals surface area contributed by atoms with Gasteiger partial charge in [0.2, 0.25) is 0 Å². The van der Waals surface area contributed by atoms with E-state index < -0.39 is 11.7 Å². The molecule has 112 valence electrons. The van der Waals surface area contributed by atoms with Crippen molar-refractivity contribution < 1.29 is 18.3 Å². The van der Waals surface area contributed by atoms with Gasteiger partial charge in [-0.3, -0.25) is 0 Å². The normalized spacial score (nSPS) is 11.4. The molecule has 2 aromatic rings. The minimum Gasteiger partial charge on any atom is -0.508 e. The second-order valence-corrected chi connectivity index (χ2v) is 6.57. The highest BCUT2D eigenvalue weighted by Gasteiger charge is 2.33. The number of benzene rings is 2. The minimum atomic E-state index is -4.40. The Kier molecular flexibility index (Phi) is 4.95. The zero-order chi connectivity index (χ0) is 15.5. The number of anilines is 2. The van der Waals surface area contributed by atoms with Gasteiger partial charge in [0.15, 0.2) is 0 Å². The maximum atomic E-state index is 13.1. The van der Waals surface area contributed by atoms with E-state index in [4.69, 9.17) is 0 Å². The molecule has 0 radical (unpaired) electrons. The molecule has 0 amide bonds. The highest BCUT2D eigenvalue weighted by Crippen LogP contribution is 2.41. The predicted octanol–water partition coefficient (Wildman–Crippen LogP) is 5.52. The maximum Gasteiger partial charge on any atom is 0.417 e. The monoisotopic (exact) mass is 331 g/mol. The maximum absolute atomic E-state index is 13.1. The van der Waals surface area contributed by atoms with Crippen LogP contribution in [0.2, 0.25) is 0 Å². The first-order valence-electron chi connectivity index (χ1n) is 5.88. The number of aromatic hydroxyl groups is 1. The first-order chi connectivity index (χ1) is 9.90. The van der Waals surface area contributed by atoms with E-state index >= 15 is 0 Å². The summed E-state index contributed by atoms with van der Waals surface area (Å²) < 4.78 is 39.2. The fourth-order valence-electron chi connectivity index (χ4n) is 1.70. The van der Waals surface area contributed by atoms with Gasteiger partial charge in [-0.15, -0.1) is 0 Å². The van der Waals surface area contributed by atoms with Crippen LogP contribution in [0.4, 0.5) is 24.5 Å². The lowest BCUT2D eigenvalue weighted by molar-refractivity contribution is -0.139. The van der Waals surface area contributed by atoms with Crippen LogP contribution in [-0.2, 0) is 6.18 Å². The third-order valence-corrected chi connectivity index (χ3v) is 4.35. The van der Waals surface area contributed by atoms with Gasteiger partial charge in [-0.2, -0.15) is 13.2 Å². The molecular formula is C14H12F3NOS2. The second kappa shape index (κ2) is 6.53. The van der Waals surface area contributed by atoms with Gasteiger partial charge >= 0.3 is 6.18 Å². The summed E-state index contributed by atoms with van der Waals surface area (Å²) in [6, 6.07) is 10.2. The van der Waals surface area contributed by atoms with E-state index in [2.05, 4.69) is 5.32 Å². The molecule has 0 atom stereocenters. The van der Waals surface area contributed by atoms with Gasteiger partial charge in [0, 0.05) is 16.3 Å². The molecule has 7 heteroatoms. The molecule has 2 nitrogen and oxygen atoms in total. The van der Waals surface area contributed by atoms with E-state index in [1.54, 1.807) is 24.5 Å². The Balaban J connectivity index is 2.31. The first kappa shape index (κ1) is 15.9. The van der Waals surface area contributed by atoms with Crippen LogP contribution in [0.25, 0.3) is 0 Å². The standard InChI is InChI=1S/C14H12F3NOS2/c1-20-21-13-7-4-10(8-12(13)14(15,16)17)18-9-2-5-11(19)6-3-9/h2-8,18-19H,1H3. The molecular weight excluding hydrogens is 319 g/mol. The number of nitrogens with one attached hydrogen (secondary N) is 1. The highest BCUT2D eigenvalue weighted by atomic mass is 33.1. The van der Waals surface area contributed by atoms with Crippen LogP contribution >= 0.6 is 21.6 Å². The summed E-state index contributed by atoms with van der Waals surface area (Å²) in [7, 11) is 2.35. The third kappa shape index (κ3) is 4.25. The summed E-state index contributed by atoms with van der Waals surface area (Å²) in [4.78, 5) is 0.186. The summed E-state index contributed by atoms with van der Waals surface area (Å²) >= 11 is 0. The Morgan fingerprint density at radius 2 is 1.62 bits per heavy atom. The van der Waals surface area contributed by atoms with Crippen LogP contribution in [0.5, 0.6) is 5.75 Å². The van der Waals surface area contributed by atoms with E-state index in [1.807, 2.05) is 0 Å². The lowest BCUT2D eigenvalue weighted by Gasteiger charge is -2.14. The van der Waals surface area contributed by atoms with Crippen LogP contribution in [-0.4, -0.2) is 11.4 Å². The van der Waals surface area contributed by atoms with Gasteiger partial charge in [-0.05, 0) is 48.7 Å². The Labute approximate surface area is 128 Å². The largest absolute Gasteiger partial charge is 0.508 e. The zero-order valence-corrected chi connectivity index (χ0v) is 12.6. The summed E-state index contributed by atoms with van der Waals surface area (Å²) in [5.41, 5.74) is 0.287. The smallest absolute Gasteiger partial charge is 0.417 e. The zero-order valence-electron chi connectivity index (χ0n) is 10.9. The van der Waals surface area contributed by atoms with Crippen LogP contribution < -0.4 is 5.32 Å². The quantitative estimate of drug-likeness (QED) is 0.570. The Hall–Kier alpha value is -1.47. The molecule has 0 aliphatic carbocycles. The van der Waals surface area contributed by atoms with Crippen molar-refractivity contribution in [3.63, 3.8) is 0 Å². The van der Waals surface area contributed by atoms with Crippen LogP contribution in [0.15, 0.2) is 47.4 Å². The van der Waals surface area contributed by atoms with Crippen LogP contribution in [0.3, 0.4) is 0 Å². The topological polar surface area (TPSA) is 32.3 Å². The van der Waals surface area contributed by atoms with Crippen molar-refractivity contribution in [1.82, 2.24) is 0 Å². The number of hydrogen-bond donors (Lipinski definition) is 2. The number of phenols is 1. The Bertz CT molecular complexity index is 615. The molecule has 0 saturated carbocycles. The van der Waals surface area contributed by atoms with Crippen molar-refractivity contribution in [2.45, 2.75) is 11.1 Å². The van der Waals surface area contributed by atoms with E-state index in [9.17, 15) is 18.3 Å². The van der Waals surface area contributed by atoms with Gasteiger partial charge in [0.25, 0.3) is 0 Å². The molecule has 2 N–H and O–H groups in total. The molecule has 21 heavy (non-hydrogen) atoms. The lowest BCUT2D eigenvalue weighted by Crippen LogP contribution is -2.07. The molecule has 0 unspecified atom stereocenters. The van der Waals surface area contributed by atoms with E-state index in [-0.39, 0.29) is 10.6 Å². The van der Waals surface area contributed by atoms with Crippen LogP contribution in [0.1, 0.15) is 5.56 Å². The van der Waals surface area contributed by atoms with Gasteiger partial charge in [-0.25, -0.2) is 0 Å². The van der Waals surface area contributed by atoms with Crippen molar-refractivity contribution >= 4 is 33.0 Å². The molecule has 0 saturated heterocycles. The van der Waals surface area contributed by atoms with Gasteiger partial charge < -0.3 is 10.4 Å². The van der Waals surface area contributed by atoms with Crippen molar-refractivity contribution in [2.24, 2.45) is 0 Å². The van der Waals surface area contributed by atoms with Gasteiger partial charge in [0.1, 0.15) is 5.75 Å². The molecule has 0 heterocycles. The predicted molar refractivity (Wildman–Crippen MR) is 82.2 cm³/mol. The molecule has 2 rings (SSSR count). The second-order valence-electron chi connectivity index (χ2n) is 4.13. The number of alkyl halides is 3. The molecule has 0 spiro atoms. The average Bonchev–Trinajstić information content (AvgIpc) is 2.42. The van der Waals surface area contributed by atoms with Gasteiger partial charge in [-0.1, -0.05) is 21.6 Å². The molecule has 0 aromatic heterocycles. The minimum absolute atomic E-state index is 0.100. The average molecular weight is 331 g/mol. The van der Waals surface area contributed by atoms with E-state index in [0.29, 0.717) is 11.4 Å². The summed E-state index contributed by atoms with van der Waals surface area (Å²) in [6.45, 7) is 0. The summed E-state index contributed by atoms with van der Waals surface area (Å²) in [6.07, 6.45) is -2.67. The van der Waals surface area contributed by atoms with Crippen molar-refractivity contribution in [1.29, 1.82) is 0 Å². The van der Waals surface area contributed by atoms with E-state index in [1.165, 1.54) is 29.0 Å². The molecule has 0 aliphatic heterocycles. The molecule has 0 aliphatic rings. The van der Waals surface area contributed by atoms with Crippen molar-refractivity contribution in [3.8, 4) is 5.75 Å². The van der Waals surface area contributed by atoms with Crippen LogP contribution in [0, 0.1) is 0 Å². The van der Waals surface area contributed by atoms with Gasteiger partial charge in [0.05, 0.1) is 5.56 Å². The third-order valence-electron chi connectivity index (χ3n) is 2.61. The lowest BCUT2D eigenvalue weighted by atomic mass is 10.2. The number of halogens is 3. The molecule has 0 fully saturated rings. The fourth-order valence-corrected chi connectivity index (χ4v) is 3.25. The Morgan fingerprint density at radius 1 is 1.00 bits per heavy atom. The molecule has 2 aromatic carbocycles. The van der Waals surface area contributed by atoms with E-state index in [0.717, 1.165) is 16.9 Å². The highest BCUT2D eigenvalue weighted by molar-refractivity contribution is 8.76.